The van der Waals surface area contributed by atoms with Gasteiger partial charge in [-0.15, -0.1) is 10.2 Å². The largest absolute Gasteiger partial charge is 0.418 e. The SMILES string of the molecule is Cc1cc(F)cc(NC(=O)Oc2ccc(N3CCN(C(=O)c4ccccc4C(F)(F)F)CC3)nn2)c1. The number of nitrogens with zero attached hydrogens (tertiary/aromatic N) is 4. The third-order valence-electron chi connectivity index (χ3n) is 5.47. The minimum absolute atomic E-state index is 0.0815. The molecule has 12 heteroatoms. The molecule has 36 heavy (non-hydrogen) atoms. The molecule has 2 heterocycles. The van der Waals surface area contributed by atoms with Gasteiger partial charge in [0.25, 0.3) is 5.91 Å². The number of aromatic nitrogens is 2. The number of hydrogen-bond donors (Lipinski definition) is 1. The number of ether oxygens (including phenoxy) is 1. The lowest BCUT2D eigenvalue weighted by Gasteiger charge is -2.35. The van der Waals surface area contributed by atoms with Crippen molar-refractivity contribution in [2.75, 3.05) is 36.4 Å². The number of hydrogen-bond acceptors (Lipinski definition) is 6. The maximum atomic E-state index is 13.5. The van der Waals surface area contributed by atoms with Crippen LogP contribution in [0, 0.1) is 12.7 Å². The Kier molecular flexibility index (Phi) is 7.04. The van der Waals surface area contributed by atoms with Gasteiger partial charge in [0, 0.05) is 37.9 Å². The second-order valence-electron chi connectivity index (χ2n) is 8.08. The van der Waals surface area contributed by atoms with E-state index in [1.807, 2.05) is 4.90 Å². The van der Waals surface area contributed by atoms with E-state index in [1.165, 1.54) is 35.2 Å². The number of halogens is 4. The molecular formula is C24H21F4N5O3. The van der Waals surface area contributed by atoms with Crippen LogP contribution in [0.3, 0.4) is 0 Å². The summed E-state index contributed by atoms with van der Waals surface area (Å²) in [5, 5.41) is 10.3. The standard InChI is InChI=1S/C24H21F4N5O3/c1-15-12-16(25)14-17(13-15)29-23(35)36-21-7-6-20(30-31-21)32-8-10-33(11-9-32)22(34)18-4-2-3-5-19(18)24(26,27)28/h2-7,12-14H,8-11H2,1H3,(H,29,35). The number of carbonyl (C=O) groups is 2. The summed E-state index contributed by atoms with van der Waals surface area (Å²) >= 11 is 0. The van der Waals surface area contributed by atoms with E-state index in [-0.39, 0.29) is 30.2 Å². The van der Waals surface area contributed by atoms with Gasteiger partial charge in [0.15, 0.2) is 5.82 Å². The Morgan fingerprint density at radius 1 is 0.972 bits per heavy atom. The van der Waals surface area contributed by atoms with E-state index in [0.29, 0.717) is 24.5 Å². The summed E-state index contributed by atoms with van der Waals surface area (Å²) in [5.41, 5.74) is -0.491. The molecule has 0 bridgehead atoms. The number of alkyl halides is 3. The fourth-order valence-electron chi connectivity index (χ4n) is 3.81. The Morgan fingerprint density at radius 3 is 2.33 bits per heavy atom. The number of carbonyl (C=O) groups excluding carboxylic acids is 2. The van der Waals surface area contributed by atoms with Crippen molar-refractivity contribution in [1.82, 2.24) is 15.1 Å². The van der Waals surface area contributed by atoms with Crippen LogP contribution < -0.4 is 15.0 Å². The smallest absolute Gasteiger partial charge is 0.389 e. The molecule has 3 aromatic rings. The molecule has 0 atom stereocenters. The Bertz CT molecular complexity index is 1240. The second-order valence-corrected chi connectivity index (χ2v) is 8.08. The Hall–Kier alpha value is -4.22. The van der Waals surface area contributed by atoms with Gasteiger partial charge in [0.2, 0.25) is 5.88 Å². The molecule has 0 saturated carbocycles. The van der Waals surface area contributed by atoms with Crippen molar-refractivity contribution in [3.05, 3.63) is 77.1 Å². The zero-order valence-corrected chi connectivity index (χ0v) is 19.1. The molecule has 1 N–H and O–H groups in total. The van der Waals surface area contributed by atoms with Crippen LogP contribution in [0.5, 0.6) is 5.88 Å². The molecule has 1 aromatic heterocycles. The molecule has 2 amide bonds. The zero-order chi connectivity index (χ0) is 25.9. The molecule has 0 spiro atoms. The number of nitrogens with one attached hydrogen (secondary N) is 1. The van der Waals surface area contributed by atoms with Crippen molar-refractivity contribution in [3.63, 3.8) is 0 Å². The van der Waals surface area contributed by atoms with Crippen LogP contribution in [0.4, 0.5) is 33.9 Å². The van der Waals surface area contributed by atoms with Crippen LogP contribution in [0.1, 0.15) is 21.5 Å². The quantitative estimate of drug-likeness (QED) is 0.527. The van der Waals surface area contributed by atoms with Crippen molar-refractivity contribution in [2.24, 2.45) is 0 Å². The third-order valence-corrected chi connectivity index (χ3v) is 5.47. The van der Waals surface area contributed by atoms with Crippen LogP contribution in [0.2, 0.25) is 0 Å². The van der Waals surface area contributed by atoms with Crippen molar-refractivity contribution in [3.8, 4) is 5.88 Å². The van der Waals surface area contributed by atoms with Crippen molar-refractivity contribution in [2.45, 2.75) is 13.1 Å². The molecule has 0 aliphatic carbocycles. The van der Waals surface area contributed by atoms with Crippen molar-refractivity contribution < 1.29 is 31.9 Å². The lowest BCUT2D eigenvalue weighted by molar-refractivity contribution is -0.138. The molecule has 1 aliphatic heterocycles. The van der Waals surface area contributed by atoms with Crippen molar-refractivity contribution >= 4 is 23.5 Å². The summed E-state index contributed by atoms with van der Waals surface area (Å²) in [6.45, 7) is 2.73. The first kappa shape index (κ1) is 24.9. The first-order valence-electron chi connectivity index (χ1n) is 10.9. The number of benzene rings is 2. The minimum atomic E-state index is -4.62. The van der Waals surface area contributed by atoms with Gasteiger partial charge in [-0.25, -0.2) is 9.18 Å². The van der Waals surface area contributed by atoms with Crippen LogP contribution in [0.25, 0.3) is 0 Å². The topological polar surface area (TPSA) is 87.7 Å². The van der Waals surface area contributed by atoms with E-state index in [0.717, 1.165) is 12.1 Å². The number of anilines is 2. The zero-order valence-electron chi connectivity index (χ0n) is 19.1. The Labute approximate surface area is 203 Å². The maximum Gasteiger partial charge on any atom is 0.418 e. The van der Waals surface area contributed by atoms with Gasteiger partial charge in [0.05, 0.1) is 11.1 Å². The molecule has 1 aliphatic rings. The molecule has 2 aromatic carbocycles. The molecule has 4 rings (SSSR count). The van der Waals surface area contributed by atoms with E-state index < -0.39 is 29.6 Å². The van der Waals surface area contributed by atoms with Crippen molar-refractivity contribution in [1.29, 1.82) is 0 Å². The highest BCUT2D eigenvalue weighted by Gasteiger charge is 2.36. The van der Waals surface area contributed by atoms with Gasteiger partial charge < -0.3 is 14.5 Å². The highest BCUT2D eigenvalue weighted by Crippen LogP contribution is 2.32. The van der Waals surface area contributed by atoms with Gasteiger partial charge in [-0.3, -0.25) is 10.1 Å². The molecule has 8 nitrogen and oxygen atoms in total. The van der Waals surface area contributed by atoms with Crippen LogP contribution in [0.15, 0.2) is 54.6 Å². The average Bonchev–Trinajstić information content (AvgIpc) is 2.83. The van der Waals surface area contributed by atoms with E-state index >= 15 is 0 Å². The minimum Gasteiger partial charge on any atom is -0.389 e. The highest BCUT2D eigenvalue weighted by molar-refractivity contribution is 5.96. The van der Waals surface area contributed by atoms with Crippen LogP contribution in [-0.4, -0.2) is 53.3 Å². The number of rotatable bonds is 4. The first-order valence-corrected chi connectivity index (χ1v) is 10.9. The van der Waals surface area contributed by atoms with Gasteiger partial charge in [0.1, 0.15) is 5.82 Å². The normalized spacial score (nSPS) is 13.9. The predicted octanol–water partition coefficient (Wildman–Crippen LogP) is 4.52. The summed E-state index contributed by atoms with van der Waals surface area (Å²) < 4.78 is 58.3. The Morgan fingerprint density at radius 2 is 1.69 bits per heavy atom. The molecule has 0 radical (unpaired) electrons. The molecule has 188 valence electrons. The molecule has 1 saturated heterocycles. The lowest BCUT2D eigenvalue weighted by atomic mass is 10.1. The van der Waals surface area contributed by atoms with E-state index in [4.69, 9.17) is 4.74 Å². The second kappa shape index (κ2) is 10.2. The maximum absolute atomic E-state index is 13.5. The number of aryl methyl sites for hydroxylation is 1. The average molecular weight is 503 g/mol. The molecular weight excluding hydrogens is 482 g/mol. The molecule has 1 fully saturated rings. The summed E-state index contributed by atoms with van der Waals surface area (Å²) in [7, 11) is 0. The van der Waals surface area contributed by atoms with Gasteiger partial charge in [-0.1, -0.05) is 12.1 Å². The van der Waals surface area contributed by atoms with Crippen LogP contribution >= 0.6 is 0 Å². The summed E-state index contributed by atoms with van der Waals surface area (Å²) in [4.78, 5) is 28.0. The number of amides is 2. The fraction of sp³-hybridized carbons (Fsp3) is 0.250. The monoisotopic (exact) mass is 503 g/mol. The van der Waals surface area contributed by atoms with E-state index in [2.05, 4.69) is 15.5 Å². The highest BCUT2D eigenvalue weighted by atomic mass is 19.4. The predicted molar refractivity (Wildman–Crippen MR) is 122 cm³/mol. The van der Waals surface area contributed by atoms with E-state index in [1.54, 1.807) is 19.1 Å². The van der Waals surface area contributed by atoms with E-state index in [9.17, 15) is 27.2 Å². The van der Waals surface area contributed by atoms with Crippen LogP contribution in [-0.2, 0) is 6.18 Å². The lowest BCUT2D eigenvalue weighted by Crippen LogP contribution is -2.49. The van der Waals surface area contributed by atoms with Gasteiger partial charge in [-0.05, 0) is 48.9 Å². The summed E-state index contributed by atoms with van der Waals surface area (Å²) in [6, 6.07) is 11.7. The Balaban J connectivity index is 1.33. The number of piperazine rings is 1. The summed E-state index contributed by atoms with van der Waals surface area (Å²) in [6.07, 6.45) is -5.49. The first-order chi connectivity index (χ1) is 17.1. The molecule has 0 unspecified atom stereocenters. The fourth-order valence-corrected chi connectivity index (χ4v) is 3.81. The van der Waals surface area contributed by atoms with Gasteiger partial charge in [-0.2, -0.15) is 13.2 Å². The summed E-state index contributed by atoms with van der Waals surface area (Å²) in [5.74, 6) is -0.814. The van der Waals surface area contributed by atoms with Gasteiger partial charge >= 0.3 is 12.3 Å². The third kappa shape index (κ3) is 5.88.